The first-order valence-electron chi connectivity index (χ1n) is 6.22. The van der Waals surface area contributed by atoms with Gasteiger partial charge in [0.15, 0.2) is 0 Å². The third-order valence-electron chi connectivity index (χ3n) is 2.96. The van der Waals surface area contributed by atoms with Crippen LogP contribution in [0.4, 0.5) is 5.69 Å². The number of nitrogens with zero attached hydrogens (tertiary/aromatic N) is 2. The van der Waals surface area contributed by atoms with E-state index in [4.69, 9.17) is 4.74 Å². The summed E-state index contributed by atoms with van der Waals surface area (Å²) < 4.78 is 8.15. The highest BCUT2D eigenvalue weighted by Crippen LogP contribution is 2.24. The average molecular weight is 324 g/mol. The summed E-state index contributed by atoms with van der Waals surface area (Å²) in [6.07, 6.45) is 2.93. The molecule has 0 saturated carbocycles. The minimum absolute atomic E-state index is 0.733. The van der Waals surface area contributed by atoms with Crippen LogP contribution in [0.15, 0.2) is 28.9 Å². The van der Waals surface area contributed by atoms with Gasteiger partial charge in [-0.05, 0) is 30.2 Å². The number of aromatic nitrogens is 2. The second-order valence-corrected chi connectivity index (χ2v) is 5.18. The van der Waals surface area contributed by atoms with Crippen LogP contribution < -0.4 is 10.1 Å². The van der Waals surface area contributed by atoms with Crippen molar-refractivity contribution in [1.29, 1.82) is 0 Å². The highest BCUT2D eigenvalue weighted by molar-refractivity contribution is 9.10. The molecule has 0 amide bonds. The van der Waals surface area contributed by atoms with E-state index in [-0.39, 0.29) is 0 Å². The monoisotopic (exact) mass is 323 g/mol. The fraction of sp³-hybridized carbons (Fsp3) is 0.357. The molecule has 0 unspecified atom stereocenters. The molecule has 2 rings (SSSR count). The van der Waals surface area contributed by atoms with E-state index < -0.39 is 0 Å². The van der Waals surface area contributed by atoms with Crippen LogP contribution >= 0.6 is 15.9 Å². The number of hydrogen-bond acceptors (Lipinski definition) is 3. The SMILES string of the molecule is CCc1nn(C)cc1NCc1cc(OC)ccc1Br. The van der Waals surface area contributed by atoms with Gasteiger partial charge >= 0.3 is 0 Å². The number of halogens is 1. The maximum atomic E-state index is 5.25. The Morgan fingerprint density at radius 3 is 2.89 bits per heavy atom. The Balaban J connectivity index is 2.13. The lowest BCUT2D eigenvalue weighted by Crippen LogP contribution is -2.02. The number of ether oxygens (including phenoxy) is 1. The molecule has 5 heteroatoms. The van der Waals surface area contributed by atoms with E-state index in [1.807, 2.05) is 36.1 Å². The number of hydrogen-bond donors (Lipinski definition) is 1. The van der Waals surface area contributed by atoms with Gasteiger partial charge in [0, 0.05) is 24.3 Å². The van der Waals surface area contributed by atoms with Gasteiger partial charge in [0.05, 0.1) is 18.5 Å². The number of anilines is 1. The Labute approximate surface area is 121 Å². The molecule has 0 radical (unpaired) electrons. The summed E-state index contributed by atoms with van der Waals surface area (Å²) in [6.45, 7) is 2.84. The quantitative estimate of drug-likeness (QED) is 0.917. The minimum atomic E-state index is 0.733. The molecule has 1 N–H and O–H groups in total. The van der Waals surface area contributed by atoms with E-state index >= 15 is 0 Å². The summed E-state index contributed by atoms with van der Waals surface area (Å²) in [6, 6.07) is 5.97. The number of methoxy groups -OCH3 is 1. The molecule has 4 nitrogen and oxygen atoms in total. The van der Waals surface area contributed by atoms with Crippen LogP contribution in [0.2, 0.25) is 0 Å². The number of nitrogens with one attached hydrogen (secondary N) is 1. The minimum Gasteiger partial charge on any atom is -0.497 e. The summed E-state index contributed by atoms with van der Waals surface area (Å²) >= 11 is 3.56. The van der Waals surface area contributed by atoms with E-state index in [1.54, 1.807) is 7.11 Å². The molecule has 1 aromatic carbocycles. The molecule has 0 bridgehead atoms. The third-order valence-corrected chi connectivity index (χ3v) is 3.74. The van der Waals surface area contributed by atoms with E-state index in [9.17, 15) is 0 Å². The summed E-state index contributed by atoms with van der Waals surface area (Å²) in [7, 11) is 3.61. The predicted molar refractivity (Wildman–Crippen MR) is 80.6 cm³/mol. The zero-order valence-corrected chi connectivity index (χ0v) is 13.0. The third kappa shape index (κ3) is 3.29. The van der Waals surface area contributed by atoms with Gasteiger partial charge in [-0.1, -0.05) is 22.9 Å². The van der Waals surface area contributed by atoms with Crippen molar-refractivity contribution in [2.75, 3.05) is 12.4 Å². The van der Waals surface area contributed by atoms with Crippen molar-refractivity contribution in [3.05, 3.63) is 40.1 Å². The molecule has 0 aliphatic rings. The molecular weight excluding hydrogens is 306 g/mol. The topological polar surface area (TPSA) is 39.1 Å². The van der Waals surface area contributed by atoms with Gasteiger partial charge < -0.3 is 10.1 Å². The van der Waals surface area contributed by atoms with Gasteiger partial charge in [-0.3, -0.25) is 4.68 Å². The average Bonchev–Trinajstić information content (AvgIpc) is 2.78. The summed E-state index contributed by atoms with van der Waals surface area (Å²) in [5.74, 6) is 0.863. The lowest BCUT2D eigenvalue weighted by molar-refractivity contribution is 0.414. The Hall–Kier alpha value is -1.49. The predicted octanol–water partition coefficient (Wildman–Crippen LogP) is 3.37. The van der Waals surface area contributed by atoms with Crippen LogP contribution in [-0.2, 0) is 20.0 Å². The lowest BCUT2D eigenvalue weighted by Gasteiger charge is -2.09. The molecule has 2 aromatic rings. The van der Waals surface area contributed by atoms with E-state index in [1.165, 1.54) is 0 Å². The van der Waals surface area contributed by atoms with Crippen molar-refractivity contribution in [2.24, 2.45) is 7.05 Å². The molecule has 1 heterocycles. The molecule has 0 aliphatic heterocycles. The van der Waals surface area contributed by atoms with Crippen molar-refractivity contribution >= 4 is 21.6 Å². The fourth-order valence-electron chi connectivity index (χ4n) is 1.95. The Kier molecular flexibility index (Phi) is 4.47. The summed E-state index contributed by atoms with van der Waals surface area (Å²) in [5, 5.41) is 7.84. The van der Waals surface area contributed by atoms with Crippen LogP contribution in [0.5, 0.6) is 5.75 Å². The first-order chi connectivity index (χ1) is 9.13. The second kappa shape index (κ2) is 6.10. The van der Waals surface area contributed by atoms with Gasteiger partial charge in [-0.2, -0.15) is 5.10 Å². The fourth-order valence-corrected chi connectivity index (χ4v) is 2.33. The Bertz CT molecular complexity index is 566. The van der Waals surface area contributed by atoms with Crippen LogP contribution in [0.3, 0.4) is 0 Å². The maximum absolute atomic E-state index is 5.25. The molecule has 0 atom stereocenters. The highest BCUT2D eigenvalue weighted by atomic mass is 79.9. The highest BCUT2D eigenvalue weighted by Gasteiger charge is 2.07. The van der Waals surface area contributed by atoms with Crippen molar-refractivity contribution in [2.45, 2.75) is 19.9 Å². The molecular formula is C14H18BrN3O. The number of benzene rings is 1. The molecule has 0 spiro atoms. The van der Waals surface area contributed by atoms with E-state index in [0.717, 1.165) is 40.1 Å². The molecule has 19 heavy (non-hydrogen) atoms. The largest absolute Gasteiger partial charge is 0.497 e. The number of aryl methyl sites for hydroxylation is 2. The maximum Gasteiger partial charge on any atom is 0.119 e. The zero-order chi connectivity index (χ0) is 13.8. The normalized spacial score (nSPS) is 10.5. The van der Waals surface area contributed by atoms with Crippen LogP contribution in [0.1, 0.15) is 18.2 Å². The Morgan fingerprint density at radius 1 is 1.42 bits per heavy atom. The van der Waals surface area contributed by atoms with Gasteiger partial charge in [0.2, 0.25) is 0 Å². The first kappa shape index (κ1) is 13.9. The molecule has 0 aliphatic carbocycles. The Morgan fingerprint density at radius 2 is 2.21 bits per heavy atom. The first-order valence-corrected chi connectivity index (χ1v) is 7.02. The van der Waals surface area contributed by atoms with Crippen LogP contribution in [-0.4, -0.2) is 16.9 Å². The van der Waals surface area contributed by atoms with Gasteiger partial charge in [0.1, 0.15) is 5.75 Å². The summed E-state index contributed by atoms with van der Waals surface area (Å²) in [4.78, 5) is 0. The van der Waals surface area contributed by atoms with E-state index in [2.05, 4.69) is 33.3 Å². The lowest BCUT2D eigenvalue weighted by atomic mass is 10.2. The van der Waals surface area contributed by atoms with Gasteiger partial charge in [0.25, 0.3) is 0 Å². The summed E-state index contributed by atoms with van der Waals surface area (Å²) in [5.41, 5.74) is 3.33. The van der Waals surface area contributed by atoms with E-state index in [0.29, 0.717) is 0 Å². The van der Waals surface area contributed by atoms with Crippen molar-refractivity contribution in [1.82, 2.24) is 9.78 Å². The molecule has 1 aromatic heterocycles. The van der Waals surface area contributed by atoms with Crippen molar-refractivity contribution in [3.63, 3.8) is 0 Å². The second-order valence-electron chi connectivity index (χ2n) is 4.33. The smallest absolute Gasteiger partial charge is 0.119 e. The standard InChI is InChI=1S/C14H18BrN3O/c1-4-13-14(9-18(2)17-13)16-8-10-7-11(19-3)5-6-12(10)15/h5-7,9,16H,4,8H2,1-3H3. The zero-order valence-electron chi connectivity index (χ0n) is 11.4. The van der Waals surface area contributed by atoms with Gasteiger partial charge in [-0.25, -0.2) is 0 Å². The number of rotatable bonds is 5. The molecule has 0 fully saturated rings. The van der Waals surface area contributed by atoms with Crippen molar-refractivity contribution in [3.8, 4) is 5.75 Å². The molecule has 102 valence electrons. The van der Waals surface area contributed by atoms with Crippen molar-refractivity contribution < 1.29 is 4.74 Å². The van der Waals surface area contributed by atoms with Gasteiger partial charge in [-0.15, -0.1) is 0 Å². The van der Waals surface area contributed by atoms with Crippen LogP contribution in [0.25, 0.3) is 0 Å². The molecule has 0 saturated heterocycles. The van der Waals surface area contributed by atoms with Crippen LogP contribution in [0, 0.1) is 0 Å².